The molecule has 3 heterocycles. The lowest BCUT2D eigenvalue weighted by Crippen LogP contribution is -2.32. The summed E-state index contributed by atoms with van der Waals surface area (Å²) in [5.41, 5.74) is 7.30. The Morgan fingerprint density at radius 2 is 2.10 bits per heavy atom. The van der Waals surface area contributed by atoms with Gasteiger partial charge >= 0.3 is 0 Å². The first-order valence-electron chi connectivity index (χ1n) is 6.94. The molecule has 2 atom stereocenters. The minimum absolute atomic E-state index is 0.0288. The van der Waals surface area contributed by atoms with E-state index >= 15 is 0 Å². The van der Waals surface area contributed by atoms with Crippen LogP contribution in [0.1, 0.15) is 33.6 Å². The van der Waals surface area contributed by atoms with Crippen molar-refractivity contribution in [3.63, 3.8) is 0 Å². The lowest BCUT2D eigenvalue weighted by molar-refractivity contribution is 0.0782. The second-order valence-electron chi connectivity index (χ2n) is 5.47. The number of carbonyl (C=O) groups excluding carboxylic acids is 1. The van der Waals surface area contributed by atoms with E-state index in [2.05, 4.69) is 9.97 Å². The molecular formula is C15H18N4O2. The maximum atomic E-state index is 12.4. The van der Waals surface area contributed by atoms with Crippen LogP contribution < -0.4 is 5.73 Å². The van der Waals surface area contributed by atoms with Gasteiger partial charge < -0.3 is 15.1 Å². The Morgan fingerprint density at radius 3 is 2.71 bits per heavy atom. The molecule has 0 aromatic carbocycles. The number of nitrogens with zero attached hydrogens (tertiary/aromatic N) is 3. The molecule has 1 fully saturated rings. The van der Waals surface area contributed by atoms with Crippen molar-refractivity contribution in [2.75, 3.05) is 13.1 Å². The van der Waals surface area contributed by atoms with Crippen LogP contribution >= 0.6 is 0 Å². The Bertz CT molecular complexity index is 650. The van der Waals surface area contributed by atoms with Crippen LogP contribution in [0.15, 0.2) is 28.9 Å². The van der Waals surface area contributed by atoms with Crippen LogP contribution in [0.25, 0.3) is 0 Å². The number of carbonyl (C=O) groups is 1. The summed E-state index contributed by atoms with van der Waals surface area (Å²) in [5, 5.41) is 0. The minimum Gasteiger partial charge on any atom is -0.466 e. The van der Waals surface area contributed by atoms with Gasteiger partial charge in [-0.15, -0.1) is 0 Å². The van der Waals surface area contributed by atoms with E-state index in [1.54, 1.807) is 11.1 Å². The van der Waals surface area contributed by atoms with E-state index < -0.39 is 0 Å². The second kappa shape index (κ2) is 5.29. The Labute approximate surface area is 123 Å². The van der Waals surface area contributed by atoms with E-state index in [0.29, 0.717) is 18.8 Å². The Hall–Kier alpha value is -2.21. The molecule has 0 unspecified atom stereocenters. The van der Waals surface area contributed by atoms with Gasteiger partial charge in [0.25, 0.3) is 5.91 Å². The smallest absolute Gasteiger partial charge is 0.274 e. The van der Waals surface area contributed by atoms with Crippen LogP contribution in [0.2, 0.25) is 0 Å². The second-order valence-corrected chi connectivity index (χ2v) is 5.47. The number of hydrogen-bond donors (Lipinski definition) is 1. The van der Waals surface area contributed by atoms with E-state index in [-0.39, 0.29) is 17.9 Å². The lowest BCUT2D eigenvalue weighted by Gasteiger charge is -2.15. The third kappa shape index (κ3) is 2.67. The zero-order chi connectivity index (χ0) is 15.0. The predicted molar refractivity (Wildman–Crippen MR) is 76.8 cm³/mol. The van der Waals surface area contributed by atoms with Crippen molar-refractivity contribution in [1.29, 1.82) is 0 Å². The van der Waals surface area contributed by atoms with Gasteiger partial charge in [-0.25, -0.2) is 4.98 Å². The third-order valence-corrected chi connectivity index (χ3v) is 3.78. The Kier molecular flexibility index (Phi) is 3.47. The highest BCUT2D eigenvalue weighted by Gasteiger charge is 2.36. The van der Waals surface area contributed by atoms with Crippen LogP contribution in [-0.4, -0.2) is 39.9 Å². The minimum atomic E-state index is -0.135. The van der Waals surface area contributed by atoms with Crippen molar-refractivity contribution in [3.05, 3.63) is 47.4 Å². The molecule has 3 rings (SSSR count). The van der Waals surface area contributed by atoms with Gasteiger partial charge in [0.15, 0.2) is 0 Å². The predicted octanol–water partition coefficient (Wildman–Crippen LogP) is 1.25. The normalized spacial score (nSPS) is 21.8. The zero-order valence-electron chi connectivity index (χ0n) is 12.1. The quantitative estimate of drug-likeness (QED) is 0.898. The summed E-state index contributed by atoms with van der Waals surface area (Å²) < 4.78 is 5.64. The third-order valence-electron chi connectivity index (χ3n) is 3.78. The molecule has 1 amide bonds. The number of aryl methyl sites for hydroxylation is 2. The van der Waals surface area contributed by atoms with Gasteiger partial charge in [0, 0.05) is 25.3 Å². The van der Waals surface area contributed by atoms with Crippen molar-refractivity contribution >= 4 is 5.91 Å². The molecule has 1 saturated heterocycles. The highest BCUT2D eigenvalue weighted by atomic mass is 16.3. The van der Waals surface area contributed by atoms with E-state index in [9.17, 15) is 4.79 Å². The zero-order valence-corrected chi connectivity index (χ0v) is 12.1. The van der Waals surface area contributed by atoms with Gasteiger partial charge in [-0.05, 0) is 26.0 Å². The number of furan rings is 1. The van der Waals surface area contributed by atoms with Crippen LogP contribution in [0.5, 0.6) is 0 Å². The first kappa shape index (κ1) is 13.8. The van der Waals surface area contributed by atoms with E-state index in [0.717, 1.165) is 17.2 Å². The summed E-state index contributed by atoms with van der Waals surface area (Å²) in [6, 6.07) is 3.72. The lowest BCUT2D eigenvalue weighted by atomic mass is 10.0. The van der Waals surface area contributed by atoms with Crippen molar-refractivity contribution < 1.29 is 9.21 Å². The van der Waals surface area contributed by atoms with E-state index in [1.807, 2.05) is 26.0 Å². The fraction of sp³-hybridized carbons (Fsp3) is 0.400. The number of nitrogens with two attached hydrogens (primary N) is 1. The summed E-state index contributed by atoms with van der Waals surface area (Å²) in [7, 11) is 0. The monoisotopic (exact) mass is 286 g/mol. The maximum absolute atomic E-state index is 12.4. The van der Waals surface area contributed by atoms with Gasteiger partial charge in [0.1, 0.15) is 17.2 Å². The molecule has 1 aliphatic heterocycles. The van der Waals surface area contributed by atoms with Crippen LogP contribution in [0.4, 0.5) is 0 Å². The number of aromatic nitrogens is 2. The molecule has 0 bridgehead atoms. The first-order valence-corrected chi connectivity index (χ1v) is 6.94. The number of rotatable bonds is 2. The van der Waals surface area contributed by atoms with Crippen molar-refractivity contribution in [1.82, 2.24) is 14.9 Å². The summed E-state index contributed by atoms with van der Waals surface area (Å²) >= 11 is 0. The molecule has 6 nitrogen and oxygen atoms in total. The fourth-order valence-electron chi connectivity index (χ4n) is 2.61. The topological polar surface area (TPSA) is 85.2 Å². The fourth-order valence-corrected chi connectivity index (χ4v) is 2.61. The molecule has 21 heavy (non-hydrogen) atoms. The summed E-state index contributed by atoms with van der Waals surface area (Å²) in [4.78, 5) is 22.4. The van der Waals surface area contributed by atoms with Gasteiger partial charge in [-0.3, -0.25) is 9.78 Å². The van der Waals surface area contributed by atoms with Crippen molar-refractivity contribution in [2.45, 2.75) is 25.8 Å². The van der Waals surface area contributed by atoms with Crippen molar-refractivity contribution in [3.8, 4) is 0 Å². The van der Waals surface area contributed by atoms with Crippen LogP contribution in [-0.2, 0) is 0 Å². The summed E-state index contributed by atoms with van der Waals surface area (Å²) in [6.45, 7) is 4.78. The molecule has 0 radical (unpaired) electrons. The largest absolute Gasteiger partial charge is 0.466 e. The average molecular weight is 286 g/mol. The van der Waals surface area contributed by atoms with Gasteiger partial charge in [-0.1, -0.05) is 0 Å². The molecule has 2 aromatic rings. The number of likely N-dealkylation sites (tertiary alicyclic amines) is 1. The SMILES string of the molecule is Cc1cnc(C(=O)N2C[C@@H](N)[C@H](c3ccc(C)o3)C2)cn1. The molecule has 0 spiro atoms. The van der Waals surface area contributed by atoms with Crippen molar-refractivity contribution in [2.24, 2.45) is 5.73 Å². The Balaban J connectivity index is 1.76. The molecule has 2 aromatic heterocycles. The van der Waals surface area contributed by atoms with E-state index in [4.69, 9.17) is 10.2 Å². The number of amides is 1. The summed E-state index contributed by atoms with van der Waals surface area (Å²) in [6.07, 6.45) is 3.10. The molecular weight excluding hydrogens is 268 g/mol. The van der Waals surface area contributed by atoms with Gasteiger partial charge in [0.2, 0.25) is 0 Å². The maximum Gasteiger partial charge on any atom is 0.274 e. The molecule has 2 N–H and O–H groups in total. The summed E-state index contributed by atoms with van der Waals surface area (Å²) in [5.74, 6) is 1.58. The molecule has 1 aliphatic rings. The molecule has 6 heteroatoms. The van der Waals surface area contributed by atoms with Gasteiger partial charge in [0.05, 0.1) is 17.8 Å². The molecule has 0 aliphatic carbocycles. The molecule has 0 saturated carbocycles. The van der Waals surface area contributed by atoms with Crippen LogP contribution in [0, 0.1) is 13.8 Å². The first-order chi connectivity index (χ1) is 10.0. The van der Waals surface area contributed by atoms with Gasteiger partial charge in [-0.2, -0.15) is 0 Å². The highest BCUT2D eigenvalue weighted by Crippen LogP contribution is 2.28. The van der Waals surface area contributed by atoms with E-state index in [1.165, 1.54) is 6.20 Å². The van der Waals surface area contributed by atoms with Crippen LogP contribution in [0.3, 0.4) is 0 Å². The highest BCUT2D eigenvalue weighted by molar-refractivity contribution is 5.92. The Morgan fingerprint density at radius 1 is 1.29 bits per heavy atom. The standard InChI is InChI=1S/C15H18N4O2/c1-9-5-18-13(6-17-9)15(20)19-7-11(12(16)8-19)14-4-3-10(2)21-14/h3-6,11-12H,7-8,16H2,1-2H3/t11-,12-/m1/s1. The number of hydrogen-bond acceptors (Lipinski definition) is 5. The average Bonchev–Trinajstić information content (AvgIpc) is 3.05. The molecule has 110 valence electrons.